The molecule has 9 heteroatoms. The Hall–Kier alpha value is -3.17. The van der Waals surface area contributed by atoms with Crippen LogP contribution in [0.5, 0.6) is 0 Å². The van der Waals surface area contributed by atoms with Crippen LogP contribution in [0.3, 0.4) is 0 Å². The molecule has 2 amide bonds. The number of carbonyl (C=O) groups excluding carboxylic acids is 3. The number of likely N-dealkylation sites (tertiary alicyclic amines) is 1. The fourth-order valence-corrected chi connectivity index (χ4v) is 7.69. The molecule has 5 atom stereocenters. The van der Waals surface area contributed by atoms with Gasteiger partial charge in [-0.15, -0.1) is 0 Å². The molecule has 2 saturated heterocycles. The smallest absolute Gasteiger partial charge is 0.313 e. The van der Waals surface area contributed by atoms with Crippen LogP contribution >= 0.6 is 0 Å². The number of anilines is 2. The van der Waals surface area contributed by atoms with Crippen LogP contribution in [-0.2, 0) is 23.9 Å². The molecule has 0 aliphatic carbocycles. The predicted molar refractivity (Wildman–Crippen MR) is 170 cm³/mol. The number of ether oxygens (including phenoxy) is 2. The number of hydrogen-bond donors (Lipinski definition) is 1. The van der Waals surface area contributed by atoms with Gasteiger partial charge in [-0.3, -0.25) is 14.4 Å². The maximum absolute atomic E-state index is 14.7. The molecule has 240 valence electrons. The number of carbonyl (C=O) groups is 3. The molecule has 0 radical (unpaired) electrons. The van der Waals surface area contributed by atoms with Gasteiger partial charge in [-0.05, 0) is 76.6 Å². The molecule has 4 heterocycles. The van der Waals surface area contributed by atoms with Crippen molar-refractivity contribution in [2.45, 2.75) is 89.4 Å². The minimum Gasteiger partial charge on any atom is -0.465 e. The Balaban J connectivity index is 1.56. The van der Waals surface area contributed by atoms with E-state index in [1.165, 1.54) is 0 Å². The Morgan fingerprint density at radius 1 is 0.909 bits per heavy atom. The maximum Gasteiger partial charge on any atom is 0.313 e. The molecule has 1 spiro atoms. The molecule has 1 aromatic carbocycles. The highest BCUT2D eigenvalue weighted by atomic mass is 16.6. The van der Waals surface area contributed by atoms with Crippen molar-refractivity contribution in [2.75, 3.05) is 49.2 Å². The molecule has 0 bridgehead atoms. The van der Waals surface area contributed by atoms with Crippen molar-refractivity contribution in [3.05, 3.63) is 48.6 Å². The number of esters is 1. The molecule has 1 unspecified atom stereocenters. The number of hydrogen-bond acceptors (Lipinski definition) is 7. The third-order valence-electron chi connectivity index (χ3n) is 9.98. The number of nitrogens with zero attached hydrogens (tertiary/aromatic N) is 3. The van der Waals surface area contributed by atoms with Gasteiger partial charge in [0.2, 0.25) is 5.91 Å². The highest BCUT2D eigenvalue weighted by Crippen LogP contribution is 2.58. The van der Waals surface area contributed by atoms with Gasteiger partial charge in [0.25, 0.3) is 5.91 Å². The highest BCUT2D eigenvalue weighted by molar-refractivity contribution is 6.05. The van der Waals surface area contributed by atoms with E-state index in [-0.39, 0.29) is 18.4 Å². The predicted octanol–water partition coefficient (Wildman–Crippen LogP) is 4.63. The molecular weight excluding hydrogens is 558 g/mol. The zero-order valence-electron chi connectivity index (χ0n) is 26.6. The summed E-state index contributed by atoms with van der Waals surface area (Å²) in [5.41, 5.74) is -0.502. The summed E-state index contributed by atoms with van der Waals surface area (Å²) in [6.07, 6.45) is 13.9. The summed E-state index contributed by atoms with van der Waals surface area (Å²) in [5.74, 6) is -2.58. The second-order valence-electron chi connectivity index (χ2n) is 12.4. The minimum absolute atomic E-state index is 0.131. The zero-order chi connectivity index (χ0) is 31.3. The average Bonchev–Trinajstić information content (AvgIpc) is 3.38. The number of allylic oxidation sites excluding steroid dienone is 1. The third kappa shape index (κ3) is 5.69. The number of fused-ring (bicyclic) bond motifs is 2. The van der Waals surface area contributed by atoms with E-state index in [2.05, 4.69) is 24.8 Å². The number of benzene rings is 1. The summed E-state index contributed by atoms with van der Waals surface area (Å²) in [6, 6.07) is 7.09. The summed E-state index contributed by atoms with van der Waals surface area (Å²) in [6.45, 7) is 9.13. The zero-order valence-corrected chi connectivity index (χ0v) is 26.6. The first kappa shape index (κ1) is 32.2. The first-order valence-corrected chi connectivity index (χ1v) is 16.7. The van der Waals surface area contributed by atoms with Crippen molar-refractivity contribution in [2.24, 2.45) is 11.8 Å². The summed E-state index contributed by atoms with van der Waals surface area (Å²) in [5, 5.41) is 9.23. The second-order valence-corrected chi connectivity index (χ2v) is 12.4. The number of cyclic esters (lactones) is 1. The molecule has 1 N–H and O–H groups in total. The summed E-state index contributed by atoms with van der Waals surface area (Å²) < 4.78 is 12.8. The van der Waals surface area contributed by atoms with Gasteiger partial charge in [0.05, 0.1) is 12.5 Å². The lowest BCUT2D eigenvalue weighted by atomic mass is 9.73. The van der Waals surface area contributed by atoms with E-state index in [1.54, 1.807) is 9.80 Å². The van der Waals surface area contributed by atoms with Crippen LogP contribution in [0.2, 0.25) is 0 Å². The fraction of sp³-hybridized carbons (Fsp3) is 0.629. The van der Waals surface area contributed by atoms with Crippen LogP contribution in [-0.4, -0.2) is 84.4 Å². The molecule has 5 rings (SSSR count). The Morgan fingerprint density at radius 2 is 1.66 bits per heavy atom. The average molecular weight is 608 g/mol. The van der Waals surface area contributed by atoms with Crippen LogP contribution in [0.1, 0.15) is 72.1 Å². The van der Waals surface area contributed by atoms with Gasteiger partial charge in [-0.2, -0.15) is 0 Å². The first-order chi connectivity index (χ1) is 21.4. The molecule has 4 aliphatic heterocycles. The van der Waals surface area contributed by atoms with Gasteiger partial charge in [-0.1, -0.05) is 44.1 Å². The normalized spacial score (nSPS) is 30.8. The monoisotopic (exact) mass is 607 g/mol. The van der Waals surface area contributed by atoms with E-state index in [0.29, 0.717) is 39.0 Å². The quantitative estimate of drug-likeness (QED) is 0.222. The molecule has 1 aromatic rings. The Morgan fingerprint density at radius 3 is 2.36 bits per heavy atom. The number of rotatable bonds is 11. The molecule has 2 fully saturated rings. The van der Waals surface area contributed by atoms with E-state index in [9.17, 15) is 19.5 Å². The van der Waals surface area contributed by atoms with Crippen molar-refractivity contribution in [3.8, 4) is 0 Å². The molecule has 9 nitrogen and oxygen atoms in total. The highest BCUT2D eigenvalue weighted by Gasteiger charge is 2.75. The lowest BCUT2D eigenvalue weighted by Crippen LogP contribution is -2.56. The van der Waals surface area contributed by atoms with E-state index >= 15 is 0 Å². The van der Waals surface area contributed by atoms with Gasteiger partial charge in [0.1, 0.15) is 23.2 Å². The lowest BCUT2D eigenvalue weighted by molar-refractivity contribution is -0.160. The Kier molecular flexibility index (Phi) is 10.2. The van der Waals surface area contributed by atoms with E-state index in [1.807, 2.05) is 49.4 Å². The maximum atomic E-state index is 14.7. The molecular formula is C35H49N3O6. The number of aliphatic hydroxyl groups excluding tert-OH is 1. The molecule has 0 aromatic heterocycles. The van der Waals surface area contributed by atoms with Crippen molar-refractivity contribution < 1.29 is 29.0 Å². The van der Waals surface area contributed by atoms with Gasteiger partial charge in [0.15, 0.2) is 0 Å². The molecule has 0 saturated carbocycles. The van der Waals surface area contributed by atoms with Crippen LogP contribution < -0.4 is 9.80 Å². The van der Waals surface area contributed by atoms with E-state index < -0.39 is 35.0 Å². The fourth-order valence-electron chi connectivity index (χ4n) is 7.69. The van der Waals surface area contributed by atoms with Crippen LogP contribution in [0.15, 0.2) is 48.6 Å². The van der Waals surface area contributed by atoms with Crippen molar-refractivity contribution in [3.63, 3.8) is 0 Å². The summed E-state index contributed by atoms with van der Waals surface area (Å²) in [7, 11) is 0. The molecule has 4 aliphatic rings. The third-order valence-corrected chi connectivity index (χ3v) is 9.98. The Bertz CT molecular complexity index is 1240. The van der Waals surface area contributed by atoms with Gasteiger partial charge >= 0.3 is 5.97 Å². The lowest BCUT2D eigenvalue weighted by Gasteiger charge is -2.38. The Labute approximate surface area is 261 Å². The van der Waals surface area contributed by atoms with Gasteiger partial charge in [0, 0.05) is 44.2 Å². The largest absolute Gasteiger partial charge is 0.465 e. The standard InChI is InChI=1S/C35H49N3O6/c1-4-34-20-11-7-10-14-25-43-33(42)29(34)28-31(40)38(22-12-8-9-13-24-39)30-32(41)37(23-15-21-35(28,30)44-34)27-18-16-26(17-19-27)36(5-2)6-3/h11,15-21,28-30,39H,4-10,12-14,22-25H2,1-3H3/b20-11-/t28-,29+,30?,34-,35-/m0/s1. The topological polar surface area (TPSA) is 99.6 Å². The molecule has 44 heavy (non-hydrogen) atoms. The number of amides is 2. The van der Waals surface area contributed by atoms with Crippen LogP contribution in [0.25, 0.3) is 0 Å². The van der Waals surface area contributed by atoms with Gasteiger partial charge in [-0.25, -0.2) is 0 Å². The van der Waals surface area contributed by atoms with Crippen molar-refractivity contribution >= 4 is 29.2 Å². The summed E-state index contributed by atoms with van der Waals surface area (Å²) in [4.78, 5) is 48.8. The second kappa shape index (κ2) is 13.9. The first-order valence-electron chi connectivity index (χ1n) is 16.7. The number of unbranched alkanes of at least 4 members (excludes halogenated alkanes) is 3. The van der Waals surface area contributed by atoms with Crippen LogP contribution in [0, 0.1) is 11.8 Å². The minimum atomic E-state index is -1.30. The van der Waals surface area contributed by atoms with Crippen molar-refractivity contribution in [1.82, 2.24) is 4.90 Å². The van der Waals surface area contributed by atoms with E-state index in [0.717, 1.165) is 56.6 Å². The summed E-state index contributed by atoms with van der Waals surface area (Å²) >= 11 is 0. The van der Waals surface area contributed by atoms with Crippen LogP contribution in [0.4, 0.5) is 11.4 Å². The number of aliphatic hydroxyl groups is 1. The SMILES string of the molecule is CCN(CC)c1ccc(N2CC=C[C@]34O[C@@]5(CC)/C=C\CCCCOC(=O)[C@H]5[C@H]3C(=O)N(CCCCCCO)C4C2=O)cc1. The van der Waals surface area contributed by atoms with E-state index in [4.69, 9.17) is 9.47 Å². The van der Waals surface area contributed by atoms with Gasteiger partial charge < -0.3 is 29.3 Å². The van der Waals surface area contributed by atoms with Crippen molar-refractivity contribution in [1.29, 1.82) is 0 Å².